The van der Waals surface area contributed by atoms with Crippen LogP contribution in [0.2, 0.25) is 5.02 Å². The summed E-state index contributed by atoms with van der Waals surface area (Å²) in [6.45, 7) is 2.16. The Morgan fingerprint density at radius 2 is 2.09 bits per heavy atom. The summed E-state index contributed by atoms with van der Waals surface area (Å²) in [4.78, 5) is 12.4. The van der Waals surface area contributed by atoms with E-state index in [2.05, 4.69) is 5.32 Å². The van der Waals surface area contributed by atoms with Gasteiger partial charge in [0.1, 0.15) is 0 Å². The fourth-order valence-corrected chi connectivity index (χ4v) is 4.54. The predicted molar refractivity (Wildman–Crippen MR) is 101 cm³/mol. The zero-order valence-electron chi connectivity index (χ0n) is 12.4. The molecule has 23 heavy (non-hydrogen) atoms. The van der Waals surface area contributed by atoms with Crippen LogP contribution < -0.4 is 9.67 Å². The standard InChI is InChI=1S/C17H15AsClNO2S/c1-2-22-17(21)15-11-5-3-4-6-14(11)23-16(15)20-13-8-7-10(19)9-12(13)18/h3-9,20H,2,18H2,1H3. The average Bonchev–Trinajstić information content (AvgIpc) is 2.88. The van der Waals surface area contributed by atoms with E-state index >= 15 is 0 Å². The molecular weight excluding hydrogens is 393 g/mol. The first-order valence-corrected chi connectivity index (χ1v) is 9.51. The van der Waals surface area contributed by atoms with Crippen LogP contribution in [0.3, 0.4) is 0 Å². The molecule has 1 atom stereocenters. The molecule has 2 aromatic carbocycles. The molecule has 0 amide bonds. The van der Waals surface area contributed by atoms with E-state index in [0.717, 1.165) is 25.1 Å². The Kier molecular flexibility index (Phi) is 4.95. The Labute approximate surface area is 152 Å². The molecule has 1 N–H and O–H groups in total. The summed E-state index contributed by atoms with van der Waals surface area (Å²) in [5, 5.41) is 5.79. The van der Waals surface area contributed by atoms with E-state index in [4.69, 9.17) is 16.3 Å². The molecule has 0 radical (unpaired) electrons. The Morgan fingerprint density at radius 3 is 2.83 bits per heavy atom. The zero-order chi connectivity index (χ0) is 16.4. The van der Waals surface area contributed by atoms with E-state index in [0.29, 0.717) is 17.2 Å². The average molecular weight is 408 g/mol. The summed E-state index contributed by atoms with van der Waals surface area (Å²) < 4.78 is 7.36. The van der Waals surface area contributed by atoms with E-state index < -0.39 is 0 Å². The number of carbonyl (C=O) groups excluding carboxylic acids is 1. The van der Waals surface area contributed by atoms with Crippen LogP contribution in [0.15, 0.2) is 42.5 Å². The molecule has 1 unspecified atom stereocenters. The molecular formula is C17H15AsClNO2S. The molecule has 6 heteroatoms. The first-order valence-electron chi connectivity index (χ1n) is 7.11. The molecule has 0 saturated carbocycles. The van der Waals surface area contributed by atoms with E-state index in [-0.39, 0.29) is 5.97 Å². The third kappa shape index (κ3) is 3.40. The van der Waals surface area contributed by atoms with Crippen molar-refractivity contribution in [2.75, 3.05) is 11.9 Å². The predicted octanol–water partition coefficient (Wildman–Crippen LogP) is 3.73. The molecule has 3 aromatic rings. The molecule has 118 valence electrons. The SMILES string of the molecule is CCOC(=O)c1c(Nc2ccc(Cl)cc2[AsH2])sc2ccccc12. The molecule has 1 aromatic heterocycles. The number of nitrogens with one attached hydrogen (secondary N) is 1. The van der Waals surface area contributed by atoms with Gasteiger partial charge in [-0.25, -0.2) is 0 Å². The summed E-state index contributed by atoms with van der Waals surface area (Å²) in [6.07, 6.45) is 0. The van der Waals surface area contributed by atoms with E-state index in [9.17, 15) is 4.79 Å². The quantitative estimate of drug-likeness (QED) is 0.529. The van der Waals surface area contributed by atoms with Crippen LogP contribution in [-0.2, 0) is 4.74 Å². The van der Waals surface area contributed by atoms with Gasteiger partial charge < -0.3 is 0 Å². The Balaban J connectivity index is 2.09. The number of hydrogen-bond donors (Lipinski definition) is 1. The van der Waals surface area contributed by atoms with Crippen LogP contribution >= 0.6 is 22.9 Å². The van der Waals surface area contributed by atoms with E-state index in [1.165, 1.54) is 16.9 Å². The topological polar surface area (TPSA) is 38.3 Å². The van der Waals surface area contributed by atoms with Crippen LogP contribution in [-0.4, -0.2) is 29.4 Å². The number of ether oxygens (including phenoxy) is 1. The van der Waals surface area contributed by atoms with Crippen molar-refractivity contribution in [2.45, 2.75) is 6.92 Å². The van der Waals surface area contributed by atoms with Crippen molar-refractivity contribution < 1.29 is 9.53 Å². The molecule has 3 nitrogen and oxygen atoms in total. The van der Waals surface area contributed by atoms with Crippen molar-refractivity contribution in [3.05, 3.63) is 53.1 Å². The van der Waals surface area contributed by atoms with Crippen LogP contribution in [0, 0.1) is 0 Å². The van der Waals surface area contributed by atoms with E-state index in [1.54, 1.807) is 11.3 Å². The second-order valence-corrected chi connectivity index (χ2v) is 7.67. The number of fused-ring (bicyclic) bond motifs is 1. The van der Waals surface area contributed by atoms with Gasteiger partial charge in [0.25, 0.3) is 0 Å². The van der Waals surface area contributed by atoms with Gasteiger partial charge in [-0.15, -0.1) is 0 Å². The Hall–Kier alpha value is -1.48. The normalized spacial score (nSPS) is 10.7. The van der Waals surface area contributed by atoms with Crippen molar-refractivity contribution in [3.8, 4) is 0 Å². The summed E-state index contributed by atoms with van der Waals surface area (Å²) in [7, 11) is 0. The van der Waals surface area contributed by atoms with Crippen LogP contribution in [0.25, 0.3) is 10.1 Å². The number of benzene rings is 2. The van der Waals surface area contributed by atoms with Gasteiger partial charge in [-0.2, -0.15) is 0 Å². The fraction of sp³-hybridized carbons (Fsp3) is 0.118. The summed E-state index contributed by atoms with van der Waals surface area (Å²) in [5.41, 5.74) is 1.54. The summed E-state index contributed by atoms with van der Waals surface area (Å²) in [6, 6.07) is 13.5. The van der Waals surface area contributed by atoms with Gasteiger partial charge in [0.2, 0.25) is 0 Å². The molecule has 0 aliphatic rings. The molecule has 0 bridgehead atoms. The number of halogens is 1. The van der Waals surface area contributed by atoms with Crippen molar-refractivity contribution in [2.24, 2.45) is 0 Å². The minimum absolute atomic E-state index is 0.301. The molecule has 0 saturated heterocycles. The Bertz CT molecular complexity index is 878. The number of carbonyl (C=O) groups is 1. The van der Waals surface area contributed by atoms with Crippen LogP contribution in [0.4, 0.5) is 10.7 Å². The van der Waals surface area contributed by atoms with Crippen molar-refractivity contribution in [1.82, 2.24) is 0 Å². The number of esters is 1. The molecule has 0 aliphatic carbocycles. The number of anilines is 2. The number of thiophene rings is 1. The van der Waals surface area contributed by atoms with Crippen LogP contribution in [0.1, 0.15) is 17.3 Å². The first-order chi connectivity index (χ1) is 11.1. The monoisotopic (exact) mass is 407 g/mol. The second-order valence-electron chi connectivity index (χ2n) is 4.88. The van der Waals surface area contributed by atoms with Gasteiger partial charge in [0.15, 0.2) is 0 Å². The molecule has 0 aliphatic heterocycles. The van der Waals surface area contributed by atoms with Gasteiger partial charge in [-0.3, -0.25) is 0 Å². The Morgan fingerprint density at radius 1 is 1.30 bits per heavy atom. The van der Waals surface area contributed by atoms with Crippen molar-refractivity contribution >= 4 is 70.9 Å². The second kappa shape index (κ2) is 6.96. The number of hydrogen-bond acceptors (Lipinski definition) is 4. The van der Waals surface area contributed by atoms with Crippen molar-refractivity contribution in [1.29, 1.82) is 0 Å². The summed E-state index contributed by atoms with van der Waals surface area (Å²) >= 11 is 9.04. The first kappa shape index (κ1) is 16.4. The maximum absolute atomic E-state index is 12.4. The zero-order valence-corrected chi connectivity index (χ0v) is 16.4. The van der Waals surface area contributed by atoms with Gasteiger partial charge in [-0.1, -0.05) is 0 Å². The maximum atomic E-state index is 12.4. The van der Waals surface area contributed by atoms with E-state index in [1.807, 2.05) is 49.4 Å². The van der Waals surface area contributed by atoms with Gasteiger partial charge in [0.05, 0.1) is 0 Å². The molecule has 0 spiro atoms. The third-order valence-electron chi connectivity index (χ3n) is 3.34. The van der Waals surface area contributed by atoms with Crippen molar-refractivity contribution in [3.63, 3.8) is 0 Å². The molecule has 3 rings (SSSR count). The fourth-order valence-electron chi connectivity index (χ4n) is 2.31. The third-order valence-corrected chi connectivity index (χ3v) is 5.66. The number of rotatable bonds is 4. The summed E-state index contributed by atoms with van der Waals surface area (Å²) in [5.74, 6) is -0.301. The minimum atomic E-state index is -0.301. The molecule has 1 heterocycles. The molecule has 0 fully saturated rings. The van der Waals surface area contributed by atoms with Gasteiger partial charge in [0, 0.05) is 0 Å². The van der Waals surface area contributed by atoms with Gasteiger partial charge in [-0.05, 0) is 0 Å². The van der Waals surface area contributed by atoms with Crippen LogP contribution in [0.5, 0.6) is 0 Å². The van der Waals surface area contributed by atoms with Gasteiger partial charge >= 0.3 is 152 Å².